The van der Waals surface area contributed by atoms with Crippen molar-refractivity contribution >= 4 is 27.8 Å². The number of ketones is 1. The minimum atomic E-state index is 0.247. The Balaban J connectivity index is 1.72. The highest BCUT2D eigenvalue weighted by atomic mass is 32.1. The smallest absolute Gasteiger partial charge is 0.178 e. The molecule has 2 saturated carbocycles. The third-order valence-electron chi connectivity index (χ3n) is 4.63. The van der Waals surface area contributed by atoms with E-state index in [-0.39, 0.29) is 17.7 Å². The lowest BCUT2D eigenvalue weighted by Crippen LogP contribution is -2.26. The largest absolute Gasteiger partial charge is 0.397 e. The Labute approximate surface area is 123 Å². The van der Waals surface area contributed by atoms with Gasteiger partial charge in [-0.05, 0) is 38.0 Å². The van der Waals surface area contributed by atoms with E-state index < -0.39 is 0 Å². The van der Waals surface area contributed by atoms with Crippen LogP contribution in [0.4, 0.5) is 10.7 Å². The Morgan fingerprint density at radius 1 is 1.20 bits per heavy atom. The molecule has 0 amide bonds. The number of carbonyl (C=O) groups is 1. The molecule has 5 heteroatoms. The second-order valence-corrected chi connectivity index (χ2v) is 7.47. The van der Waals surface area contributed by atoms with Gasteiger partial charge < -0.3 is 16.4 Å². The predicted molar refractivity (Wildman–Crippen MR) is 82.6 cm³/mol. The van der Waals surface area contributed by atoms with Gasteiger partial charge in [-0.15, -0.1) is 11.3 Å². The van der Waals surface area contributed by atoms with Gasteiger partial charge in [0.05, 0.1) is 15.6 Å². The van der Waals surface area contributed by atoms with E-state index in [4.69, 9.17) is 11.5 Å². The standard InChI is InChI=1S/C15H21N3OS/c16-10-5-6-18(7-10)15-11(8-1-2-8)12(17)14(20-15)13(19)9-3-4-9/h8-10H,1-7,16-17H2. The van der Waals surface area contributed by atoms with Crippen molar-refractivity contribution in [2.75, 3.05) is 23.7 Å². The summed E-state index contributed by atoms with van der Waals surface area (Å²) < 4.78 is 0. The SMILES string of the molecule is Nc1c(C(=O)C2CC2)sc(N2CCC(N)C2)c1C1CC1. The van der Waals surface area contributed by atoms with Crippen molar-refractivity contribution in [1.29, 1.82) is 0 Å². The third kappa shape index (κ3) is 2.04. The summed E-state index contributed by atoms with van der Waals surface area (Å²) in [6.07, 6.45) is 5.54. The highest BCUT2D eigenvalue weighted by Gasteiger charge is 2.39. The van der Waals surface area contributed by atoms with Gasteiger partial charge in [0.15, 0.2) is 5.78 Å². The van der Waals surface area contributed by atoms with Gasteiger partial charge in [-0.1, -0.05) is 0 Å². The number of rotatable bonds is 4. The fourth-order valence-electron chi connectivity index (χ4n) is 3.13. The molecule has 1 atom stereocenters. The van der Waals surface area contributed by atoms with E-state index in [1.165, 1.54) is 23.4 Å². The number of hydrogen-bond acceptors (Lipinski definition) is 5. The first-order chi connectivity index (χ1) is 9.65. The van der Waals surface area contributed by atoms with Crippen molar-refractivity contribution in [2.24, 2.45) is 11.7 Å². The van der Waals surface area contributed by atoms with E-state index in [0.29, 0.717) is 5.92 Å². The van der Waals surface area contributed by atoms with Crippen molar-refractivity contribution in [3.05, 3.63) is 10.4 Å². The summed E-state index contributed by atoms with van der Waals surface area (Å²) in [7, 11) is 0. The summed E-state index contributed by atoms with van der Waals surface area (Å²) in [6.45, 7) is 1.90. The van der Waals surface area contributed by atoms with E-state index >= 15 is 0 Å². The number of nitrogens with two attached hydrogens (primary N) is 2. The molecule has 4 nitrogen and oxygen atoms in total. The Hall–Kier alpha value is -1.07. The number of carbonyl (C=O) groups excluding carboxylic acids is 1. The molecule has 3 fully saturated rings. The summed E-state index contributed by atoms with van der Waals surface area (Å²) in [5.74, 6) is 1.11. The first kappa shape index (κ1) is 12.7. The van der Waals surface area contributed by atoms with Crippen LogP contribution in [0.3, 0.4) is 0 Å². The molecule has 0 aromatic carbocycles. The number of thiophene rings is 1. The van der Waals surface area contributed by atoms with Crippen molar-refractivity contribution in [3.8, 4) is 0 Å². The van der Waals surface area contributed by atoms with E-state index in [2.05, 4.69) is 4.90 Å². The molecule has 2 aliphatic carbocycles. The van der Waals surface area contributed by atoms with Crippen LogP contribution >= 0.6 is 11.3 Å². The van der Waals surface area contributed by atoms with Crippen molar-refractivity contribution < 1.29 is 4.79 Å². The molecule has 0 spiro atoms. The van der Waals surface area contributed by atoms with Crippen LogP contribution in [-0.4, -0.2) is 24.9 Å². The summed E-state index contributed by atoms with van der Waals surface area (Å²) in [5, 5.41) is 1.24. The van der Waals surface area contributed by atoms with Gasteiger partial charge in [0.1, 0.15) is 0 Å². The molecule has 2 heterocycles. The molecule has 1 aliphatic heterocycles. The monoisotopic (exact) mass is 291 g/mol. The van der Waals surface area contributed by atoms with Crippen LogP contribution in [0.5, 0.6) is 0 Å². The van der Waals surface area contributed by atoms with Gasteiger partial charge in [-0.25, -0.2) is 0 Å². The quantitative estimate of drug-likeness (QED) is 0.835. The zero-order valence-electron chi connectivity index (χ0n) is 11.6. The lowest BCUT2D eigenvalue weighted by atomic mass is 10.1. The summed E-state index contributed by atoms with van der Waals surface area (Å²) >= 11 is 1.63. The van der Waals surface area contributed by atoms with Crippen LogP contribution in [0.2, 0.25) is 0 Å². The van der Waals surface area contributed by atoms with Gasteiger partial charge in [-0.2, -0.15) is 0 Å². The Kier molecular flexibility index (Phi) is 2.82. The fourth-order valence-corrected chi connectivity index (χ4v) is 4.49. The third-order valence-corrected chi connectivity index (χ3v) is 5.93. The van der Waals surface area contributed by atoms with Gasteiger partial charge in [-0.3, -0.25) is 4.79 Å². The van der Waals surface area contributed by atoms with Crippen LogP contribution < -0.4 is 16.4 Å². The highest BCUT2D eigenvalue weighted by molar-refractivity contribution is 7.19. The van der Waals surface area contributed by atoms with Gasteiger partial charge in [0, 0.05) is 30.6 Å². The number of nitrogen functional groups attached to an aromatic ring is 1. The Bertz CT molecular complexity index is 560. The second kappa shape index (κ2) is 4.46. The van der Waals surface area contributed by atoms with Gasteiger partial charge in [0.2, 0.25) is 0 Å². The molecule has 0 radical (unpaired) electrons. The molecule has 0 bridgehead atoms. The minimum Gasteiger partial charge on any atom is -0.397 e. The fraction of sp³-hybridized carbons (Fsp3) is 0.667. The molecule has 108 valence electrons. The maximum atomic E-state index is 12.4. The van der Waals surface area contributed by atoms with Gasteiger partial charge >= 0.3 is 0 Å². The molecule has 1 unspecified atom stereocenters. The average Bonchev–Trinajstić information content (AvgIpc) is 3.33. The molecule has 3 aliphatic rings. The summed E-state index contributed by atoms with van der Waals surface area (Å²) in [4.78, 5) is 15.6. The lowest BCUT2D eigenvalue weighted by Gasteiger charge is -2.18. The van der Waals surface area contributed by atoms with Crippen LogP contribution in [0.1, 0.15) is 53.3 Å². The second-order valence-electron chi connectivity index (χ2n) is 6.47. The maximum Gasteiger partial charge on any atom is 0.178 e. The van der Waals surface area contributed by atoms with Crippen LogP contribution in [0.25, 0.3) is 0 Å². The summed E-state index contributed by atoms with van der Waals surface area (Å²) in [6, 6.07) is 0.257. The summed E-state index contributed by atoms with van der Waals surface area (Å²) in [5.41, 5.74) is 14.4. The molecule has 1 aromatic rings. The number of nitrogens with zero attached hydrogens (tertiary/aromatic N) is 1. The molecule has 4 rings (SSSR count). The molecule has 4 N–H and O–H groups in total. The van der Waals surface area contributed by atoms with E-state index in [0.717, 1.165) is 42.9 Å². The lowest BCUT2D eigenvalue weighted by molar-refractivity contribution is 0.0972. The van der Waals surface area contributed by atoms with Crippen LogP contribution in [-0.2, 0) is 0 Å². The van der Waals surface area contributed by atoms with E-state index in [1.807, 2.05) is 0 Å². The predicted octanol–water partition coefficient (Wildman–Crippen LogP) is 2.34. The van der Waals surface area contributed by atoms with E-state index in [9.17, 15) is 4.79 Å². The molecular formula is C15H21N3OS. The first-order valence-corrected chi connectivity index (χ1v) is 8.43. The first-order valence-electron chi connectivity index (χ1n) is 7.62. The van der Waals surface area contributed by atoms with Gasteiger partial charge in [0.25, 0.3) is 0 Å². The molecule has 20 heavy (non-hydrogen) atoms. The van der Waals surface area contributed by atoms with Crippen molar-refractivity contribution in [1.82, 2.24) is 0 Å². The van der Waals surface area contributed by atoms with E-state index in [1.54, 1.807) is 11.3 Å². The molecule has 1 aromatic heterocycles. The number of hydrogen-bond donors (Lipinski definition) is 2. The normalized spacial score (nSPS) is 26.2. The van der Waals surface area contributed by atoms with Crippen molar-refractivity contribution in [2.45, 2.75) is 44.1 Å². The highest BCUT2D eigenvalue weighted by Crippen LogP contribution is 2.53. The molecule has 1 saturated heterocycles. The Morgan fingerprint density at radius 2 is 1.95 bits per heavy atom. The van der Waals surface area contributed by atoms with Crippen LogP contribution in [0.15, 0.2) is 0 Å². The average molecular weight is 291 g/mol. The zero-order chi connectivity index (χ0) is 13.9. The van der Waals surface area contributed by atoms with Crippen molar-refractivity contribution in [3.63, 3.8) is 0 Å². The Morgan fingerprint density at radius 3 is 2.50 bits per heavy atom. The number of anilines is 2. The molecular weight excluding hydrogens is 270 g/mol. The minimum absolute atomic E-state index is 0.247. The number of Topliss-reactive ketones (excluding diaryl/α,β-unsaturated/α-hetero) is 1. The zero-order valence-corrected chi connectivity index (χ0v) is 12.4. The maximum absolute atomic E-state index is 12.4. The topological polar surface area (TPSA) is 72.4 Å². The van der Waals surface area contributed by atoms with Crippen LogP contribution in [0, 0.1) is 5.92 Å².